The molecule has 0 N–H and O–H groups in total. The predicted molar refractivity (Wildman–Crippen MR) is 115 cm³/mol. The smallest absolute Gasteiger partial charge is 0.418 e. The van der Waals surface area contributed by atoms with Crippen molar-refractivity contribution in [3.63, 3.8) is 0 Å². The van der Waals surface area contributed by atoms with E-state index in [0.29, 0.717) is 5.56 Å². The highest BCUT2D eigenvalue weighted by Crippen LogP contribution is 2.34. The number of alkyl halides is 5. The lowest BCUT2D eigenvalue weighted by Gasteiger charge is -2.20. The summed E-state index contributed by atoms with van der Waals surface area (Å²) in [6, 6.07) is 9.72. The van der Waals surface area contributed by atoms with Crippen molar-refractivity contribution in [2.24, 2.45) is 0 Å². The molecule has 1 aromatic heterocycles. The highest BCUT2D eigenvalue weighted by molar-refractivity contribution is 5.91. The third kappa shape index (κ3) is 5.76. The number of halogens is 5. The Morgan fingerprint density at radius 1 is 1.11 bits per heavy atom. The number of carbonyl (C=O) groups is 1. The summed E-state index contributed by atoms with van der Waals surface area (Å²) in [5, 5.41) is 3.94. The molecule has 0 radical (unpaired) electrons. The standard InChI is InChI=1S/C23H20F5N3O4/c1-13-10-17(32)20(29-31(13)16-7-5-4-6-15(16)23(26,27)28)21(33)30(2)12-14-8-9-18(35-22(24)25)19(11-14)34-3/h4-11,22H,12H2,1-3H3. The van der Waals surface area contributed by atoms with Crippen LogP contribution in [0.25, 0.3) is 5.69 Å². The van der Waals surface area contributed by atoms with Crippen LogP contribution in [0.4, 0.5) is 22.0 Å². The van der Waals surface area contributed by atoms with Crippen LogP contribution in [0.1, 0.15) is 27.3 Å². The first kappa shape index (κ1) is 25.7. The summed E-state index contributed by atoms with van der Waals surface area (Å²) in [6.07, 6.45) is -4.69. The van der Waals surface area contributed by atoms with Crippen LogP contribution in [0.15, 0.2) is 53.3 Å². The van der Waals surface area contributed by atoms with E-state index in [4.69, 9.17) is 4.74 Å². The van der Waals surface area contributed by atoms with Gasteiger partial charge in [0, 0.05) is 25.4 Å². The topological polar surface area (TPSA) is 73.7 Å². The van der Waals surface area contributed by atoms with Crippen molar-refractivity contribution in [1.82, 2.24) is 14.7 Å². The van der Waals surface area contributed by atoms with Crippen LogP contribution in [-0.4, -0.2) is 41.4 Å². The number of aryl methyl sites for hydroxylation is 1. The summed E-state index contributed by atoms with van der Waals surface area (Å²) in [5.74, 6) is -1.05. The van der Waals surface area contributed by atoms with Crippen molar-refractivity contribution >= 4 is 5.91 Å². The van der Waals surface area contributed by atoms with Crippen molar-refractivity contribution in [2.45, 2.75) is 26.3 Å². The summed E-state index contributed by atoms with van der Waals surface area (Å²) >= 11 is 0. The number of aromatic nitrogens is 2. The Hall–Kier alpha value is -3.96. The predicted octanol–water partition coefficient (Wildman–Crippen LogP) is 4.44. The summed E-state index contributed by atoms with van der Waals surface area (Å²) in [4.78, 5) is 26.6. The minimum atomic E-state index is -4.69. The van der Waals surface area contributed by atoms with Crippen LogP contribution < -0.4 is 14.9 Å². The van der Waals surface area contributed by atoms with Crippen molar-refractivity contribution in [3.05, 3.63) is 81.3 Å². The van der Waals surface area contributed by atoms with Gasteiger partial charge < -0.3 is 14.4 Å². The molecule has 0 saturated carbocycles. The van der Waals surface area contributed by atoms with E-state index in [2.05, 4.69) is 9.84 Å². The molecule has 1 amide bonds. The van der Waals surface area contributed by atoms with Gasteiger partial charge in [0.1, 0.15) is 0 Å². The van der Waals surface area contributed by atoms with E-state index < -0.39 is 35.4 Å². The molecule has 2 aromatic carbocycles. The van der Waals surface area contributed by atoms with Gasteiger partial charge in [0.15, 0.2) is 17.2 Å². The number of hydrogen-bond acceptors (Lipinski definition) is 5. The van der Waals surface area contributed by atoms with Gasteiger partial charge in [-0.1, -0.05) is 18.2 Å². The Morgan fingerprint density at radius 2 is 1.80 bits per heavy atom. The third-order valence-corrected chi connectivity index (χ3v) is 4.96. The molecule has 35 heavy (non-hydrogen) atoms. The fourth-order valence-corrected chi connectivity index (χ4v) is 3.37. The normalized spacial score (nSPS) is 11.5. The maximum absolute atomic E-state index is 13.5. The molecular formula is C23H20F5N3O4. The number of carbonyl (C=O) groups excluding carboxylic acids is 1. The maximum Gasteiger partial charge on any atom is 0.418 e. The van der Waals surface area contributed by atoms with Gasteiger partial charge >= 0.3 is 12.8 Å². The molecule has 0 fully saturated rings. The maximum atomic E-state index is 13.5. The van der Waals surface area contributed by atoms with Gasteiger partial charge in [-0.25, -0.2) is 4.68 Å². The molecule has 0 saturated heterocycles. The van der Waals surface area contributed by atoms with Gasteiger partial charge in [0.25, 0.3) is 5.91 Å². The molecule has 186 valence electrons. The summed E-state index contributed by atoms with van der Waals surface area (Å²) < 4.78 is 75.8. The number of nitrogens with zero attached hydrogens (tertiary/aromatic N) is 3. The molecule has 0 aliphatic carbocycles. The average Bonchev–Trinajstić information content (AvgIpc) is 2.78. The lowest BCUT2D eigenvalue weighted by atomic mass is 10.1. The second-order valence-electron chi connectivity index (χ2n) is 7.45. The lowest BCUT2D eigenvalue weighted by molar-refractivity contribution is -0.137. The van der Waals surface area contributed by atoms with E-state index in [1.165, 1.54) is 57.5 Å². The molecule has 0 bridgehead atoms. The van der Waals surface area contributed by atoms with Crippen molar-refractivity contribution in [1.29, 1.82) is 0 Å². The lowest BCUT2D eigenvalue weighted by Crippen LogP contribution is -2.33. The molecule has 1 heterocycles. The second kappa shape index (κ2) is 10.1. The Labute approximate surface area is 196 Å². The van der Waals surface area contributed by atoms with Crippen molar-refractivity contribution in [2.75, 3.05) is 14.2 Å². The third-order valence-electron chi connectivity index (χ3n) is 4.96. The number of para-hydroxylation sites is 1. The fourth-order valence-electron chi connectivity index (χ4n) is 3.37. The van der Waals surface area contributed by atoms with E-state index >= 15 is 0 Å². The Morgan fingerprint density at radius 3 is 2.43 bits per heavy atom. The first-order chi connectivity index (χ1) is 16.4. The van der Waals surface area contributed by atoms with Crippen LogP contribution >= 0.6 is 0 Å². The number of amides is 1. The van der Waals surface area contributed by atoms with E-state index in [0.717, 1.165) is 21.7 Å². The number of hydrogen-bond donors (Lipinski definition) is 0. The SMILES string of the molecule is COc1cc(CN(C)C(=O)c2nn(-c3ccccc3C(F)(F)F)c(C)cc2=O)ccc1OC(F)F. The number of benzene rings is 2. The number of rotatable bonds is 7. The summed E-state index contributed by atoms with van der Waals surface area (Å²) in [5.41, 5.74) is -2.12. The van der Waals surface area contributed by atoms with Crippen molar-refractivity contribution in [3.8, 4) is 17.2 Å². The molecular weight excluding hydrogens is 477 g/mol. The summed E-state index contributed by atoms with van der Waals surface area (Å²) in [6.45, 7) is -1.75. The van der Waals surface area contributed by atoms with Crippen LogP contribution in [0.2, 0.25) is 0 Å². The quantitative estimate of drug-likeness (QED) is 0.452. The molecule has 0 aliphatic rings. The van der Waals surface area contributed by atoms with Gasteiger partial charge in [0.2, 0.25) is 5.43 Å². The Balaban J connectivity index is 1.94. The minimum Gasteiger partial charge on any atom is -0.493 e. The van der Waals surface area contributed by atoms with E-state index in [1.54, 1.807) is 0 Å². The Bertz CT molecular complexity index is 1290. The fraction of sp³-hybridized carbons (Fsp3) is 0.261. The highest BCUT2D eigenvalue weighted by Gasteiger charge is 2.34. The van der Waals surface area contributed by atoms with Gasteiger partial charge in [-0.05, 0) is 36.8 Å². The molecule has 12 heteroatoms. The van der Waals surface area contributed by atoms with Crippen molar-refractivity contribution < 1.29 is 36.2 Å². The van der Waals surface area contributed by atoms with Gasteiger partial charge in [-0.2, -0.15) is 27.1 Å². The first-order valence-electron chi connectivity index (χ1n) is 10.1. The zero-order valence-corrected chi connectivity index (χ0v) is 18.8. The minimum absolute atomic E-state index is 0.00298. The zero-order valence-electron chi connectivity index (χ0n) is 18.8. The van der Waals surface area contributed by atoms with Gasteiger partial charge in [-0.3, -0.25) is 9.59 Å². The number of ether oxygens (including phenoxy) is 2. The number of methoxy groups -OCH3 is 1. The Kier molecular flexibility index (Phi) is 7.42. The second-order valence-corrected chi connectivity index (χ2v) is 7.45. The zero-order chi connectivity index (χ0) is 25.9. The summed E-state index contributed by atoms with van der Waals surface area (Å²) in [7, 11) is 2.61. The largest absolute Gasteiger partial charge is 0.493 e. The van der Waals surface area contributed by atoms with Crippen LogP contribution in [-0.2, 0) is 12.7 Å². The van der Waals surface area contributed by atoms with Gasteiger partial charge in [-0.15, -0.1) is 0 Å². The molecule has 0 unspecified atom stereocenters. The van der Waals surface area contributed by atoms with Crippen LogP contribution in [0, 0.1) is 6.92 Å². The van der Waals surface area contributed by atoms with Crippen LogP contribution in [0.5, 0.6) is 11.5 Å². The van der Waals surface area contributed by atoms with Crippen LogP contribution in [0.3, 0.4) is 0 Å². The average molecular weight is 497 g/mol. The molecule has 0 atom stereocenters. The molecule has 0 aliphatic heterocycles. The molecule has 3 rings (SSSR count). The monoisotopic (exact) mass is 497 g/mol. The van der Waals surface area contributed by atoms with Gasteiger partial charge in [0.05, 0.1) is 18.4 Å². The van der Waals surface area contributed by atoms with E-state index in [1.807, 2.05) is 0 Å². The highest BCUT2D eigenvalue weighted by atomic mass is 19.4. The first-order valence-corrected chi connectivity index (χ1v) is 10.1. The van der Waals surface area contributed by atoms with E-state index in [9.17, 15) is 31.5 Å². The molecule has 0 spiro atoms. The van der Waals surface area contributed by atoms with E-state index in [-0.39, 0.29) is 29.4 Å². The molecule has 7 nitrogen and oxygen atoms in total. The molecule has 3 aromatic rings.